The zero-order chi connectivity index (χ0) is 17.8. The van der Waals surface area contributed by atoms with Crippen LogP contribution in [0.2, 0.25) is 0 Å². The summed E-state index contributed by atoms with van der Waals surface area (Å²) in [5, 5.41) is 8.03. The summed E-state index contributed by atoms with van der Waals surface area (Å²) in [5.74, 6) is 1.74. The molecule has 2 aromatic rings. The number of nitrogens with one attached hydrogen (secondary N) is 1. The molecule has 0 spiro atoms. The maximum atomic E-state index is 11.7. The molecule has 0 aliphatic carbocycles. The molecule has 2 aromatic heterocycles. The predicted octanol–water partition coefficient (Wildman–Crippen LogP) is 2.30. The Hall–Kier alpha value is -2.44. The minimum Gasteiger partial charge on any atom is -0.364 e. The van der Waals surface area contributed by atoms with Crippen LogP contribution in [0.25, 0.3) is 0 Å². The van der Waals surface area contributed by atoms with Crippen molar-refractivity contribution in [3.8, 4) is 0 Å². The molecule has 7 nitrogen and oxygen atoms in total. The molecule has 1 aliphatic heterocycles. The van der Waals surface area contributed by atoms with Gasteiger partial charge in [0.1, 0.15) is 11.6 Å². The fraction of sp³-hybridized carbons (Fsp3) is 0.556. The third-order valence-electron chi connectivity index (χ3n) is 4.36. The Morgan fingerprint density at radius 1 is 1.24 bits per heavy atom. The lowest BCUT2D eigenvalue weighted by Crippen LogP contribution is -2.28. The van der Waals surface area contributed by atoms with Crippen molar-refractivity contribution in [1.82, 2.24) is 24.6 Å². The third-order valence-corrected chi connectivity index (χ3v) is 4.36. The van der Waals surface area contributed by atoms with Crippen molar-refractivity contribution in [3.05, 3.63) is 35.0 Å². The number of aryl methyl sites for hydroxylation is 3. The van der Waals surface area contributed by atoms with Gasteiger partial charge in [0, 0.05) is 31.8 Å². The average Bonchev–Trinajstić information content (AvgIpc) is 2.83. The smallest absolute Gasteiger partial charge is 0.219 e. The summed E-state index contributed by atoms with van der Waals surface area (Å²) < 4.78 is 2.02. The van der Waals surface area contributed by atoms with Gasteiger partial charge in [-0.05, 0) is 25.8 Å². The topological polar surface area (TPSA) is 75.9 Å². The highest BCUT2D eigenvalue weighted by Crippen LogP contribution is 2.15. The number of fused-ring (bicyclic) bond motifs is 1. The van der Waals surface area contributed by atoms with Crippen LogP contribution < -0.4 is 5.32 Å². The number of rotatable bonds is 5. The van der Waals surface area contributed by atoms with Gasteiger partial charge in [-0.15, -0.1) is 0 Å². The zero-order valence-corrected chi connectivity index (χ0v) is 15.2. The summed E-state index contributed by atoms with van der Waals surface area (Å²) in [6.07, 6.45) is 2.96. The van der Waals surface area contributed by atoms with Crippen LogP contribution in [0, 0.1) is 6.92 Å². The molecule has 1 aliphatic rings. The van der Waals surface area contributed by atoms with E-state index in [-0.39, 0.29) is 5.91 Å². The van der Waals surface area contributed by atoms with E-state index in [4.69, 9.17) is 0 Å². The van der Waals surface area contributed by atoms with E-state index >= 15 is 0 Å². The van der Waals surface area contributed by atoms with Crippen LogP contribution in [0.4, 0.5) is 5.82 Å². The number of hydrogen-bond acceptors (Lipinski definition) is 5. The summed E-state index contributed by atoms with van der Waals surface area (Å²) in [5.41, 5.74) is 3.12. The summed E-state index contributed by atoms with van der Waals surface area (Å²) in [7, 11) is 0. The van der Waals surface area contributed by atoms with Crippen molar-refractivity contribution in [2.24, 2.45) is 0 Å². The van der Waals surface area contributed by atoms with Gasteiger partial charge in [-0.1, -0.05) is 13.3 Å². The Labute approximate surface area is 148 Å². The molecule has 3 rings (SSSR count). The van der Waals surface area contributed by atoms with Crippen molar-refractivity contribution >= 4 is 11.7 Å². The van der Waals surface area contributed by atoms with Crippen molar-refractivity contribution in [1.29, 1.82) is 0 Å². The molecule has 3 heterocycles. The molecule has 0 bridgehead atoms. The minimum absolute atomic E-state index is 0.120. The van der Waals surface area contributed by atoms with Gasteiger partial charge in [0.05, 0.1) is 24.5 Å². The molecule has 0 unspecified atom stereocenters. The number of aromatic nitrogens is 4. The second kappa shape index (κ2) is 7.63. The normalized spacial score (nSPS) is 14.1. The molecule has 0 radical (unpaired) electrons. The first-order valence-electron chi connectivity index (χ1n) is 8.94. The van der Waals surface area contributed by atoms with Crippen LogP contribution in [0.5, 0.6) is 0 Å². The first kappa shape index (κ1) is 17.4. The largest absolute Gasteiger partial charge is 0.364 e. The van der Waals surface area contributed by atoms with Crippen molar-refractivity contribution < 1.29 is 4.79 Å². The number of nitrogens with zero attached hydrogens (tertiary/aromatic N) is 5. The van der Waals surface area contributed by atoms with E-state index in [1.54, 1.807) is 6.92 Å². The monoisotopic (exact) mass is 342 g/mol. The number of anilines is 1. The van der Waals surface area contributed by atoms with Crippen molar-refractivity contribution in [2.45, 2.75) is 59.7 Å². The maximum absolute atomic E-state index is 11.7. The SMILES string of the molecule is CCCc1cc(NCc2cc3n(n2)CCCN(C(C)=O)C3)nc(C)n1. The molecule has 1 amide bonds. The second-order valence-electron chi connectivity index (χ2n) is 6.54. The van der Waals surface area contributed by atoms with E-state index in [0.29, 0.717) is 13.1 Å². The molecule has 7 heteroatoms. The van der Waals surface area contributed by atoms with Gasteiger partial charge in [-0.25, -0.2) is 9.97 Å². The maximum Gasteiger partial charge on any atom is 0.219 e. The van der Waals surface area contributed by atoms with E-state index in [1.807, 2.05) is 22.6 Å². The van der Waals surface area contributed by atoms with Gasteiger partial charge in [-0.3, -0.25) is 9.48 Å². The molecule has 0 atom stereocenters. The van der Waals surface area contributed by atoms with Crippen LogP contribution in [0.3, 0.4) is 0 Å². The van der Waals surface area contributed by atoms with Gasteiger partial charge >= 0.3 is 0 Å². The first-order valence-corrected chi connectivity index (χ1v) is 8.94. The van der Waals surface area contributed by atoms with Crippen LogP contribution in [-0.4, -0.2) is 37.1 Å². The molecule has 1 N–H and O–H groups in total. The Morgan fingerprint density at radius 3 is 2.84 bits per heavy atom. The summed E-state index contributed by atoms with van der Waals surface area (Å²) in [4.78, 5) is 22.5. The average molecular weight is 342 g/mol. The fourth-order valence-corrected chi connectivity index (χ4v) is 3.16. The Kier molecular flexibility index (Phi) is 5.31. The molecule has 25 heavy (non-hydrogen) atoms. The van der Waals surface area contributed by atoms with E-state index in [2.05, 4.69) is 33.4 Å². The molecule has 134 valence electrons. The highest BCUT2D eigenvalue weighted by Gasteiger charge is 2.18. The van der Waals surface area contributed by atoms with Crippen LogP contribution in [0.15, 0.2) is 12.1 Å². The first-order chi connectivity index (χ1) is 12.0. The van der Waals surface area contributed by atoms with Gasteiger partial charge in [0.15, 0.2) is 0 Å². The molecule has 0 aromatic carbocycles. The lowest BCUT2D eigenvalue weighted by atomic mass is 10.2. The number of hydrogen-bond donors (Lipinski definition) is 1. The highest BCUT2D eigenvalue weighted by atomic mass is 16.2. The summed E-state index contributed by atoms with van der Waals surface area (Å²) in [6, 6.07) is 4.09. The zero-order valence-electron chi connectivity index (χ0n) is 15.2. The Bertz CT molecular complexity index is 754. The number of carbonyl (C=O) groups excluding carboxylic acids is 1. The number of amides is 1. The van der Waals surface area contributed by atoms with Gasteiger partial charge < -0.3 is 10.2 Å². The van der Waals surface area contributed by atoms with E-state index in [0.717, 1.165) is 61.1 Å². The standard InChI is InChI=1S/C18H26N6O/c1-4-6-15-10-18(21-13(2)20-15)19-11-16-9-17-12-23(14(3)25)7-5-8-24(17)22-16/h9-10H,4-8,11-12H2,1-3H3,(H,19,20,21). The molecular formula is C18H26N6O. The molecule has 0 saturated heterocycles. The van der Waals surface area contributed by atoms with Crippen molar-refractivity contribution in [3.63, 3.8) is 0 Å². The minimum atomic E-state index is 0.120. The van der Waals surface area contributed by atoms with E-state index in [1.165, 1.54) is 0 Å². The molecule has 0 fully saturated rings. The summed E-state index contributed by atoms with van der Waals surface area (Å²) >= 11 is 0. The predicted molar refractivity (Wildman–Crippen MR) is 96.0 cm³/mol. The highest BCUT2D eigenvalue weighted by molar-refractivity contribution is 5.73. The Morgan fingerprint density at radius 2 is 2.08 bits per heavy atom. The van der Waals surface area contributed by atoms with Gasteiger partial charge in [0.25, 0.3) is 0 Å². The lowest BCUT2D eigenvalue weighted by molar-refractivity contribution is -0.129. The van der Waals surface area contributed by atoms with Gasteiger partial charge in [0.2, 0.25) is 5.91 Å². The fourth-order valence-electron chi connectivity index (χ4n) is 3.16. The molecule has 0 saturated carbocycles. The second-order valence-corrected chi connectivity index (χ2v) is 6.54. The third kappa shape index (κ3) is 4.35. The quantitative estimate of drug-likeness (QED) is 0.902. The number of carbonyl (C=O) groups is 1. The Balaban J connectivity index is 1.69. The summed E-state index contributed by atoms with van der Waals surface area (Å²) in [6.45, 7) is 8.59. The molecular weight excluding hydrogens is 316 g/mol. The van der Waals surface area contributed by atoms with Crippen LogP contribution in [0.1, 0.15) is 49.6 Å². The van der Waals surface area contributed by atoms with Crippen LogP contribution in [-0.2, 0) is 30.8 Å². The van der Waals surface area contributed by atoms with Crippen molar-refractivity contribution in [2.75, 3.05) is 11.9 Å². The lowest BCUT2D eigenvalue weighted by Gasteiger charge is -2.17. The van der Waals surface area contributed by atoms with Gasteiger partial charge in [-0.2, -0.15) is 5.10 Å². The van der Waals surface area contributed by atoms with E-state index in [9.17, 15) is 4.79 Å². The van der Waals surface area contributed by atoms with E-state index < -0.39 is 0 Å². The van der Waals surface area contributed by atoms with Crippen LogP contribution >= 0.6 is 0 Å².